The largest absolute Gasteiger partial charge is 0.366 e. The number of benzene rings is 5. The predicted octanol–water partition coefficient (Wildman–Crippen LogP) is 8.85. The van der Waals surface area contributed by atoms with E-state index in [4.69, 9.17) is 21.0 Å². The van der Waals surface area contributed by atoms with E-state index >= 15 is 0 Å². The summed E-state index contributed by atoms with van der Waals surface area (Å²) in [5.41, 5.74) is 13.5. The standard InChI is InChI=1S/C48H43N7O2S/c1-3-4-24-43-42(47(57)54(33(2)50-43)32-44-41(45(49)56)29-30-58-44)31-34-25-27-35(28-26-34)39-22-14-15-23-40(39)46-51-52-53-55(46)48(36-16-8-5-9-17-36,37-18-10-6-11-19-37)38-20-12-7-13-21-38/h5-23,25-30H,3-4,24,31-32H2,1-2H3,(H2,49,56). The third-order valence-electron chi connectivity index (χ3n) is 10.8. The number of hydrogen-bond donors (Lipinski definition) is 1. The van der Waals surface area contributed by atoms with Crippen LogP contribution >= 0.6 is 11.3 Å². The van der Waals surface area contributed by atoms with Crippen LogP contribution in [0.15, 0.2) is 156 Å². The zero-order valence-electron chi connectivity index (χ0n) is 32.5. The molecular weight excluding hydrogens is 739 g/mol. The van der Waals surface area contributed by atoms with Crippen molar-refractivity contribution in [2.45, 2.75) is 51.6 Å². The van der Waals surface area contributed by atoms with Gasteiger partial charge in [-0.15, -0.1) is 16.4 Å². The van der Waals surface area contributed by atoms with E-state index in [1.807, 2.05) is 83.7 Å². The van der Waals surface area contributed by atoms with Gasteiger partial charge in [0.25, 0.3) is 5.56 Å². The highest BCUT2D eigenvalue weighted by atomic mass is 32.1. The molecule has 0 aliphatic carbocycles. The van der Waals surface area contributed by atoms with Crippen LogP contribution in [0.2, 0.25) is 0 Å². The number of unbranched alkanes of at least 4 members (excludes halogenated alkanes) is 1. The molecule has 58 heavy (non-hydrogen) atoms. The van der Waals surface area contributed by atoms with Crippen molar-refractivity contribution in [1.29, 1.82) is 0 Å². The minimum Gasteiger partial charge on any atom is -0.366 e. The molecule has 3 heterocycles. The second kappa shape index (κ2) is 16.8. The van der Waals surface area contributed by atoms with Crippen molar-refractivity contribution >= 4 is 17.2 Å². The first kappa shape index (κ1) is 38.1. The van der Waals surface area contributed by atoms with E-state index in [0.29, 0.717) is 35.6 Å². The summed E-state index contributed by atoms with van der Waals surface area (Å²) in [7, 11) is 0. The number of amides is 1. The molecule has 2 N–H and O–H groups in total. The second-order valence-electron chi connectivity index (χ2n) is 14.3. The van der Waals surface area contributed by atoms with Gasteiger partial charge in [-0.2, -0.15) is 0 Å². The highest BCUT2D eigenvalue weighted by molar-refractivity contribution is 7.10. The van der Waals surface area contributed by atoms with Gasteiger partial charge in [-0.05, 0) is 75.0 Å². The molecule has 0 fully saturated rings. The van der Waals surface area contributed by atoms with Crippen LogP contribution in [0, 0.1) is 6.92 Å². The molecule has 0 unspecified atom stereocenters. The molecular formula is C48H43N7O2S. The van der Waals surface area contributed by atoms with E-state index in [-0.39, 0.29) is 12.1 Å². The van der Waals surface area contributed by atoms with E-state index < -0.39 is 11.4 Å². The average molecular weight is 782 g/mol. The van der Waals surface area contributed by atoms with Crippen molar-refractivity contribution in [3.63, 3.8) is 0 Å². The highest BCUT2D eigenvalue weighted by Gasteiger charge is 2.42. The molecule has 0 saturated carbocycles. The lowest BCUT2D eigenvalue weighted by molar-refractivity contribution is 0.0999. The van der Waals surface area contributed by atoms with Crippen molar-refractivity contribution < 1.29 is 4.79 Å². The minimum atomic E-state index is -0.894. The number of thiophene rings is 1. The molecule has 0 bridgehead atoms. The van der Waals surface area contributed by atoms with Gasteiger partial charge in [-0.1, -0.05) is 153 Å². The molecule has 0 spiro atoms. The number of nitrogens with two attached hydrogens (primary N) is 1. The van der Waals surface area contributed by atoms with Crippen LogP contribution in [0.1, 0.15) is 74.3 Å². The van der Waals surface area contributed by atoms with Crippen molar-refractivity contribution in [3.05, 3.63) is 211 Å². The lowest BCUT2D eigenvalue weighted by atomic mass is 9.77. The molecule has 0 saturated heterocycles. The fraction of sp³-hybridized carbons (Fsp3) is 0.167. The fourth-order valence-electron chi connectivity index (χ4n) is 7.92. The first-order valence-electron chi connectivity index (χ1n) is 19.5. The summed E-state index contributed by atoms with van der Waals surface area (Å²) >= 11 is 1.41. The number of carbonyl (C=O) groups is 1. The second-order valence-corrected chi connectivity index (χ2v) is 15.3. The molecule has 1 amide bonds. The molecule has 8 rings (SSSR count). The maximum absolute atomic E-state index is 14.3. The monoisotopic (exact) mass is 781 g/mol. The molecule has 0 aliphatic rings. The van der Waals surface area contributed by atoms with Crippen LogP contribution in [0.5, 0.6) is 0 Å². The Kier molecular flexibility index (Phi) is 11.0. The molecule has 0 aliphatic heterocycles. The van der Waals surface area contributed by atoms with Gasteiger partial charge in [-0.3, -0.25) is 14.2 Å². The predicted molar refractivity (Wildman–Crippen MR) is 230 cm³/mol. The fourth-order valence-corrected chi connectivity index (χ4v) is 8.79. The van der Waals surface area contributed by atoms with E-state index in [1.165, 1.54) is 11.3 Å². The van der Waals surface area contributed by atoms with Crippen LogP contribution in [0.3, 0.4) is 0 Å². The summed E-state index contributed by atoms with van der Waals surface area (Å²) < 4.78 is 3.62. The third-order valence-corrected chi connectivity index (χ3v) is 11.7. The van der Waals surface area contributed by atoms with E-state index in [9.17, 15) is 9.59 Å². The van der Waals surface area contributed by atoms with E-state index in [0.717, 1.165) is 62.4 Å². The molecule has 3 aromatic heterocycles. The van der Waals surface area contributed by atoms with Crippen LogP contribution in [-0.2, 0) is 24.9 Å². The Labute approximate surface area is 341 Å². The average Bonchev–Trinajstić information content (AvgIpc) is 3.96. The lowest BCUT2D eigenvalue weighted by Crippen LogP contribution is -2.39. The van der Waals surface area contributed by atoms with Crippen molar-refractivity contribution in [2.24, 2.45) is 5.73 Å². The molecule has 8 aromatic rings. The Hall–Kier alpha value is -6.78. The first-order valence-corrected chi connectivity index (χ1v) is 20.4. The van der Waals surface area contributed by atoms with Crippen molar-refractivity contribution in [2.75, 3.05) is 0 Å². The summed E-state index contributed by atoms with van der Waals surface area (Å²) in [6, 6.07) is 49.4. The molecule has 0 atom stereocenters. The SMILES string of the molecule is CCCCc1nc(C)n(Cc2sccc2C(N)=O)c(=O)c1Cc1ccc(-c2ccccc2-c2nnnn2C(c2ccccc2)(c2ccccc2)c2ccccc2)cc1. The van der Waals surface area contributed by atoms with Crippen molar-refractivity contribution in [3.8, 4) is 22.5 Å². The molecule has 288 valence electrons. The normalized spacial score (nSPS) is 11.5. The number of tetrazole rings is 1. The van der Waals surface area contributed by atoms with Crippen molar-refractivity contribution in [1.82, 2.24) is 29.8 Å². The zero-order chi connectivity index (χ0) is 40.1. The van der Waals surface area contributed by atoms with Gasteiger partial charge in [-0.25, -0.2) is 9.67 Å². The maximum Gasteiger partial charge on any atom is 0.257 e. The van der Waals surface area contributed by atoms with Crippen LogP contribution in [0.4, 0.5) is 0 Å². The van der Waals surface area contributed by atoms with Gasteiger partial charge in [0, 0.05) is 22.4 Å². The minimum absolute atomic E-state index is 0.0950. The Balaban J connectivity index is 1.19. The summed E-state index contributed by atoms with van der Waals surface area (Å²) in [6.07, 6.45) is 3.05. The summed E-state index contributed by atoms with van der Waals surface area (Å²) in [5, 5.41) is 15.6. The number of aryl methyl sites for hydroxylation is 2. The number of nitrogens with zero attached hydrogens (tertiary/aromatic N) is 6. The first-order chi connectivity index (χ1) is 28.4. The number of primary amides is 1. The lowest BCUT2D eigenvalue weighted by Gasteiger charge is -2.36. The Morgan fingerprint density at radius 2 is 1.34 bits per heavy atom. The van der Waals surface area contributed by atoms with Crippen LogP contribution in [0.25, 0.3) is 22.5 Å². The Morgan fingerprint density at radius 3 is 1.93 bits per heavy atom. The van der Waals surface area contributed by atoms with E-state index in [1.54, 1.807) is 10.6 Å². The number of hydrogen-bond acceptors (Lipinski definition) is 7. The molecule has 5 aromatic carbocycles. The zero-order valence-corrected chi connectivity index (χ0v) is 33.3. The van der Waals surface area contributed by atoms with Crippen LogP contribution in [-0.4, -0.2) is 35.7 Å². The van der Waals surface area contributed by atoms with E-state index in [2.05, 4.69) is 84.9 Å². The van der Waals surface area contributed by atoms with Gasteiger partial charge < -0.3 is 5.73 Å². The quantitative estimate of drug-likeness (QED) is 0.110. The molecule has 9 nitrogen and oxygen atoms in total. The number of carbonyl (C=O) groups excluding carboxylic acids is 1. The number of aromatic nitrogens is 6. The summed E-state index contributed by atoms with van der Waals surface area (Å²) in [6.45, 7) is 4.23. The number of rotatable bonds is 14. The van der Waals surface area contributed by atoms with Gasteiger partial charge in [0.05, 0.1) is 17.8 Å². The van der Waals surface area contributed by atoms with Gasteiger partial charge in [0.2, 0.25) is 5.91 Å². The summed E-state index contributed by atoms with van der Waals surface area (Å²) in [5.74, 6) is 0.734. The maximum atomic E-state index is 14.3. The smallest absolute Gasteiger partial charge is 0.257 e. The van der Waals surface area contributed by atoms with Gasteiger partial charge in [0.1, 0.15) is 11.4 Å². The van der Waals surface area contributed by atoms with Crippen LogP contribution < -0.4 is 11.3 Å². The Bertz CT molecular complexity index is 2630. The molecule has 0 radical (unpaired) electrons. The topological polar surface area (TPSA) is 122 Å². The van der Waals surface area contributed by atoms with Gasteiger partial charge in [0.15, 0.2) is 5.82 Å². The third kappa shape index (κ3) is 7.18. The molecule has 10 heteroatoms. The highest BCUT2D eigenvalue weighted by Crippen LogP contribution is 2.43. The summed E-state index contributed by atoms with van der Waals surface area (Å²) in [4.78, 5) is 32.1. The van der Waals surface area contributed by atoms with Gasteiger partial charge >= 0.3 is 0 Å². The Morgan fingerprint density at radius 1 is 0.759 bits per heavy atom.